The third kappa shape index (κ3) is 4.72. The quantitative estimate of drug-likeness (QED) is 0.614. The molecule has 2 aromatic carbocycles. The lowest BCUT2D eigenvalue weighted by Crippen LogP contribution is -2.34. The lowest BCUT2D eigenvalue weighted by Gasteiger charge is -2.19. The number of carbonyl (C=O) groups is 2. The van der Waals surface area contributed by atoms with Gasteiger partial charge in [0, 0.05) is 37.2 Å². The first-order valence-electron chi connectivity index (χ1n) is 10.1. The van der Waals surface area contributed by atoms with Gasteiger partial charge in [-0.1, -0.05) is 29.8 Å². The molecule has 8 heteroatoms. The molecule has 160 valence electrons. The monoisotopic (exact) mass is 438 g/mol. The number of nitrogens with zero attached hydrogens (tertiary/aromatic N) is 3. The third-order valence-electron chi connectivity index (χ3n) is 5.27. The minimum Gasteiger partial charge on any atom is -0.495 e. The average Bonchev–Trinajstić information content (AvgIpc) is 3.41. The molecule has 1 aromatic heterocycles. The highest BCUT2D eigenvalue weighted by atomic mass is 35.5. The SMILES string of the molecule is COc1ccc(Cl)cc1N1CC(C(=O)NCCc2ccn(-c3ccccc3)n2)CC1=O. The number of hydrogen-bond donors (Lipinski definition) is 1. The molecular weight excluding hydrogens is 416 g/mol. The zero-order chi connectivity index (χ0) is 21.8. The summed E-state index contributed by atoms with van der Waals surface area (Å²) in [4.78, 5) is 26.7. The van der Waals surface area contributed by atoms with Crippen LogP contribution in [0.5, 0.6) is 5.75 Å². The smallest absolute Gasteiger partial charge is 0.227 e. The normalized spacial score (nSPS) is 15.9. The van der Waals surface area contributed by atoms with Crippen molar-refractivity contribution in [3.63, 3.8) is 0 Å². The van der Waals surface area contributed by atoms with E-state index in [1.165, 1.54) is 7.11 Å². The predicted molar refractivity (Wildman–Crippen MR) is 119 cm³/mol. The van der Waals surface area contributed by atoms with Crippen molar-refractivity contribution in [2.75, 3.05) is 25.1 Å². The molecule has 0 saturated carbocycles. The summed E-state index contributed by atoms with van der Waals surface area (Å²) in [6, 6.07) is 16.9. The molecule has 4 rings (SSSR count). The van der Waals surface area contributed by atoms with E-state index in [-0.39, 0.29) is 18.2 Å². The van der Waals surface area contributed by atoms with Crippen LogP contribution in [0.3, 0.4) is 0 Å². The van der Waals surface area contributed by atoms with E-state index < -0.39 is 5.92 Å². The molecule has 2 heterocycles. The van der Waals surface area contributed by atoms with E-state index in [4.69, 9.17) is 16.3 Å². The Bertz CT molecular complexity index is 1080. The molecule has 0 bridgehead atoms. The number of methoxy groups -OCH3 is 1. The summed E-state index contributed by atoms with van der Waals surface area (Å²) in [7, 11) is 1.54. The molecule has 7 nitrogen and oxygen atoms in total. The molecule has 1 fully saturated rings. The number of halogens is 1. The van der Waals surface area contributed by atoms with Crippen molar-refractivity contribution >= 4 is 29.1 Å². The number of amides is 2. The highest BCUT2D eigenvalue weighted by Gasteiger charge is 2.36. The summed E-state index contributed by atoms with van der Waals surface area (Å²) < 4.78 is 7.15. The fourth-order valence-electron chi connectivity index (χ4n) is 3.67. The van der Waals surface area contributed by atoms with Gasteiger partial charge in [-0.2, -0.15) is 5.10 Å². The standard InChI is InChI=1S/C23H23ClN4O3/c1-31-21-8-7-17(24)14-20(21)27-15-16(13-22(27)29)23(30)25-11-9-18-10-12-28(26-18)19-5-3-2-4-6-19/h2-8,10,12,14,16H,9,11,13,15H2,1H3,(H,25,30). The number of aromatic nitrogens is 2. The van der Waals surface area contributed by atoms with Gasteiger partial charge >= 0.3 is 0 Å². The van der Waals surface area contributed by atoms with Crippen molar-refractivity contribution in [3.05, 3.63) is 71.5 Å². The Hall–Kier alpha value is -3.32. The number of anilines is 1. The predicted octanol–water partition coefficient (Wildman–Crippen LogP) is 3.25. The number of ether oxygens (including phenoxy) is 1. The second-order valence-electron chi connectivity index (χ2n) is 7.35. The molecule has 2 amide bonds. The Morgan fingerprint density at radius 3 is 2.81 bits per heavy atom. The average molecular weight is 439 g/mol. The minimum atomic E-state index is -0.418. The number of para-hydroxylation sites is 1. The number of hydrogen-bond acceptors (Lipinski definition) is 4. The van der Waals surface area contributed by atoms with Gasteiger partial charge in [0.1, 0.15) is 5.75 Å². The lowest BCUT2D eigenvalue weighted by molar-refractivity contribution is -0.126. The number of rotatable bonds is 7. The molecule has 0 spiro atoms. The molecule has 1 aliphatic heterocycles. The lowest BCUT2D eigenvalue weighted by atomic mass is 10.1. The highest BCUT2D eigenvalue weighted by molar-refractivity contribution is 6.31. The van der Waals surface area contributed by atoms with Gasteiger partial charge in [-0.15, -0.1) is 0 Å². The molecule has 1 atom stereocenters. The minimum absolute atomic E-state index is 0.123. The van der Waals surface area contributed by atoms with Crippen molar-refractivity contribution in [1.82, 2.24) is 15.1 Å². The molecule has 31 heavy (non-hydrogen) atoms. The van der Waals surface area contributed by atoms with Crippen LogP contribution in [0.4, 0.5) is 5.69 Å². The van der Waals surface area contributed by atoms with Gasteiger partial charge in [-0.3, -0.25) is 9.59 Å². The van der Waals surface area contributed by atoms with Crippen LogP contribution in [0.25, 0.3) is 5.69 Å². The summed E-state index contributed by atoms with van der Waals surface area (Å²) >= 11 is 6.09. The molecule has 3 aromatic rings. The molecule has 0 radical (unpaired) electrons. The van der Waals surface area contributed by atoms with Crippen LogP contribution in [-0.2, 0) is 16.0 Å². The van der Waals surface area contributed by atoms with Crippen LogP contribution in [0.1, 0.15) is 12.1 Å². The Kier molecular flexibility index (Phi) is 6.23. The van der Waals surface area contributed by atoms with Gasteiger partial charge < -0.3 is 15.0 Å². The first-order valence-corrected chi connectivity index (χ1v) is 10.4. The molecule has 1 aliphatic rings. The van der Waals surface area contributed by atoms with Crippen LogP contribution >= 0.6 is 11.6 Å². The van der Waals surface area contributed by atoms with E-state index in [1.807, 2.05) is 47.3 Å². The van der Waals surface area contributed by atoms with Crippen LogP contribution in [0, 0.1) is 5.92 Å². The highest BCUT2D eigenvalue weighted by Crippen LogP contribution is 2.35. The van der Waals surface area contributed by atoms with E-state index in [9.17, 15) is 9.59 Å². The third-order valence-corrected chi connectivity index (χ3v) is 5.51. The van der Waals surface area contributed by atoms with Gasteiger partial charge in [-0.25, -0.2) is 4.68 Å². The van der Waals surface area contributed by atoms with Gasteiger partial charge in [0.05, 0.1) is 30.1 Å². The van der Waals surface area contributed by atoms with E-state index in [0.29, 0.717) is 36.0 Å². The van der Waals surface area contributed by atoms with Crippen LogP contribution < -0.4 is 15.0 Å². The molecule has 1 unspecified atom stereocenters. The van der Waals surface area contributed by atoms with Crippen LogP contribution in [0.15, 0.2) is 60.8 Å². The molecular formula is C23H23ClN4O3. The Balaban J connectivity index is 1.32. The summed E-state index contributed by atoms with van der Waals surface area (Å²) in [5.74, 6) is -0.132. The Labute approximate surface area is 185 Å². The first-order chi connectivity index (χ1) is 15.0. The molecule has 1 saturated heterocycles. The van der Waals surface area contributed by atoms with Crippen LogP contribution in [-0.4, -0.2) is 41.8 Å². The van der Waals surface area contributed by atoms with Crippen LogP contribution in [0.2, 0.25) is 5.02 Å². The fourth-order valence-corrected chi connectivity index (χ4v) is 3.83. The zero-order valence-corrected chi connectivity index (χ0v) is 17.9. The number of benzene rings is 2. The topological polar surface area (TPSA) is 76.5 Å². The fraction of sp³-hybridized carbons (Fsp3) is 0.261. The molecule has 0 aliphatic carbocycles. The first kappa shape index (κ1) is 20.9. The second kappa shape index (κ2) is 9.22. The van der Waals surface area contributed by atoms with Gasteiger partial charge in [0.2, 0.25) is 11.8 Å². The van der Waals surface area contributed by atoms with Gasteiger partial charge in [-0.05, 0) is 36.4 Å². The maximum absolute atomic E-state index is 12.6. The van der Waals surface area contributed by atoms with Gasteiger partial charge in [0.25, 0.3) is 0 Å². The largest absolute Gasteiger partial charge is 0.495 e. The van der Waals surface area contributed by atoms with E-state index >= 15 is 0 Å². The summed E-state index contributed by atoms with van der Waals surface area (Å²) in [6.45, 7) is 0.750. The van der Waals surface area contributed by atoms with Crippen molar-refractivity contribution in [3.8, 4) is 11.4 Å². The van der Waals surface area contributed by atoms with Gasteiger partial charge in [0.15, 0.2) is 0 Å². The second-order valence-corrected chi connectivity index (χ2v) is 7.79. The van der Waals surface area contributed by atoms with Crippen molar-refractivity contribution in [2.45, 2.75) is 12.8 Å². The molecule has 1 N–H and O–H groups in total. The maximum Gasteiger partial charge on any atom is 0.227 e. The number of nitrogens with one attached hydrogen (secondary N) is 1. The summed E-state index contributed by atoms with van der Waals surface area (Å²) in [6.07, 6.45) is 2.67. The van der Waals surface area contributed by atoms with E-state index in [0.717, 1.165) is 11.4 Å². The maximum atomic E-state index is 12.6. The van der Waals surface area contributed by atoms with Crippen molar-refractivity contribution in [1.29, 1.82) is 0 Å². The Morgan fingerprint density at radius 2 is 2.03 bits per heavy atom. The van der Waals surface area contributed by atoms with Crippen molar-refractivity contribution < 1.29 is 14.3 Å². The number of carbonyl (C=O) groups excluding carboxylic acids is 2. The van der Waals surface area contributed by atoms with Crippen molar-refractivity contribution in [2.24, 2.45) is 5.92 Å². The summed E-state index contributed by atoms with van der Waals surface area (Å²) in [5, 5.41) is 7.98. The zero-order valence-electron chi connectivity index (χ0n) is 17.1. The van der Waals surface area contributed by atoms with E-state index in [2.05, 4.69) is 10.4 Å². The summed E-state index contributed by atoms with van der Waals surface area (Å²) in [5.41, 5.74) is 2.46. The Morgan fingerprint density at radius 1 is 1.23 bits per heavy atom. The van der Waals surface area contributed by atoms with E-state index in [1.54, 1.807) is 23.1 Å².